The Morgan fingerprint density at radius 2 is 1.82 bits per heavy atom. The van der Waals surface area contributed by atoms with Gasteiger partial charge in [-0.05, 0) is 55.0 Å². The van der Waals surface area contributed by atoms with Gasteiger partial charge in [-0.15, -0.1) is 11.3 Å². The van der Waals surface area contributed by atoms with Crippen molar-refractivity contribution in [1.82, 2.24) is 0 Å². The van der Waals surface area contributed by atoms with Gasteiger partial charge < -0.3 is 9.47 Å². The van der Waals surface area contributed by atoms with Crippen molar-refractivity contribution in [2.24, 2.45) is 5.92 Å². The quantitative estimate of drug-likeness (QED) is 0.381. The van der Waals surface area contributed by atoms with Crippen LogP contribution in [0.1, 0.15) is 26.7 Å². The predicted octanol–water partition coefficient (Wildman–Crippen LogP) is 6.23. The molecule has 4 heteroatoms. The van der Waals surface area contributed by atoms with Gasteiger partial charge >= 0.3 is 5.97 Å². The maximum absolute atomic E-state index is 11.8. The van der Waals surface area contributed by atoms with Crippen LogP contribution in [-0.4, -0.2) is 18.2 Å². The number of rotatable bonds is 5. The topological polar surface area (TPSA) is 35.5 Å². The van der Waals surface area contributed by atoms with Crippen molar-refractivity contribution >= 4 is 27.4 Å². The molecule has 4 rings (SSSR count). The fraction of sp³-hybridized carbons (Fsp3) is 0.292. The maximum Gasteiger partial charge on any atom is 0.333 e. The minimum atomic E-state index is -0.314. The van der Waals surface area contributed by atoms with E-state index in [9.17, 15) is 4.79 Å². The zero-order valence-corrected chi connectivity index (χ0v) is 17.0. The van der Waals surface area contributed by atoms with Gasteiger partial charge in [-0.3, -0.25) is 0 Å². The van der Waals surface area contributed by atoms with Crippen LogP contribution in [0.3, 0.4) is 0 Å². The van der Waals surface area contributed by atoms with Crippen molar-refractivity contribution < 1.29 is 14.3 Å². The first-order chi connectivity index (χ1) is 13.5. The molecule has 2 aromatic carbocycles. The molecule has 3 nitrogen and oxygen atoms in total. The van der Waals surface area contributed by atoms with E-state index in [1.165, 1.54) is 20.5 Å². The van der Waals surface area contributed by atoms with Gasteiger partial charge in [-0.1, -0.05) is 43.8 Å². The smallest absolute Gasteiger partial charge is 0.333 e. The second kappa shape index (κ2) is 7.80. The molecule has 1 heterocycles. The molecule has 0 spiro atoms. The minimum absolute atomic E-state index is 0.0499. The van der Waals surface area contributed by atoms with Gasteiger partial charge in [0, 0.05) is 21.1 Å². The minimum Gasteiger partial charge on any atom is -0.490 e. The summed E-state index contributed by atoms with van der Waals surface area (Å²) in [5.41, 5.74) is 1.67. The first-order valence-corrected chi connectivity index (χ1v) is 10.4. The highest BCUT2D eigenvalue weighted by atomic mass is 32.1. The fourth-order valence-corrected chi connectivity index (χ4v) is 4.77. The molecule has 0 amide bonds. The Hall–Kier alpha value is -2.59. The van der Waals surface area contributed by atoms with E-state index in [4.69, 9.17) is 9.47 Å². The van der Waals surface area contributed by atoms with Crippen LogP contribution in [0.5, 0.6) is 5.75 Å². The Morgan fingerprint density at radius 3 is 2.57 bits per heavy atom. The molecule has 1 saturated carbocycles. The second-order valence-corrected chi connectivity index (χ2v) is 8.58. The van der Waals surface area contributed by atoms with Crippen LogP contribution in [-0.2, 0) is 9.53 Å². The summed E-state index contributed by atoms with van der Waals surface area (Å²) in [6, 6.07) is 18.9. The number of ether oxygens (including phenoxy) is 2. The number of fused-ring (bicyclic) bond motifs is 1. The van der Waals surface area contributed by atoms with E-state index in [1.807, 2.05) is 12.1 Å². The highest BCUT2D eigenvalue weighted by molar-refractivity contribution is 7.22. The zero-order chi connectivity index (χ0) is 19.7. The normalized spacial score (nSPS) is 21.6. The lowest BCUT2D eigenvalue weighted by atomic mass is 10.1. The Balaban J connectivity index is 1.48. The lowest BCUT2D eigenvalue weighted by Crippen LogP contribution is -2.28. The van der Waals surface area contributed by atoms with Gasteiger partial charge in [0.15, 0.2) is 0 Å². The van der Waals surface area contributed by atoms with Gasteiger partial charge in [0.1, 0.15) is 18.0 Å². The van der Waals surface area contributed by atoms with Crippen molar-refractivity contribution in [2.45, 2.75) is 38.9 Å². The van der Waals surface area contributed by atoms with Crippen LogP contribution < -0.4 is 4.74 Å². The Bertz CT molecular complexity index is 1010. The average molecular weight is 393 g/mol. The summed E-state index contributed by atoms with van der Waals surface area (Å²) in [5.74, 6) is 0.714. The summed E-state index contributed by atoms with van der Waals surface area (Å²) < 4.78 is 13.1. The molecule has 1 aliphatic carbocycles. The maximum atomic E-state index is 11.8. The van der Waals surface area contributed by atoms with E-state index in [2.05, 4.69) is 56.0 Å². The third kappa shape index (κ3) is 3.83. The number of thiophene rings is 1. The van der Waals surface area contributed by atoms with E-state index >= 15 is 0 Å². The second-order valence-electron chi connectivity index (χ2n) is 7.49. The van der Waals surface area contributed by atoms with E-state index in [0.29, 0.717) is 5.57 Å². The number of carbonyl (C=O) groups is 1. The highest BCUT2D eigenvalue weighted by Crippen LogP contribution is 2.37. The number of hydrogen-bond acceptors (Lipinski definition) is 4. The monoisotopic (exact) mass is 392 g/mol. The number of benzene rings is 2. The van der Waals surface area contributed by atoms with Crippen molar-refractivity contribution in [3.8, 4) is 16.2 Å². The third-order valence-corrected chi connectivity index (χ3v) is 6.50. The fourth-order valence-electron chi connectivity index (χ4n) is 3.67. The van der Waals surface area contributed by atoms with Crippen molar-refractivity contribution in [3.05, 3.63) is 66.7 Å². The van der Waals surface area contributed by atoms with Crippen LogP contribution in [0.2, 0.25) is 0 Å². The molecule has 1 fully saturated rings. The molecule has 28 heavy (non-hydrogen) atoms. The largest absolute Gasteiger partial charge is 0.490 e. The van der Waals surface area contributed by atoms with Gasteiger partial charge in [0.05, 0.1) is 0 Å². The van der Waals surface area contributed by atoms with Gasteiger partial charge in [-0.25, -0.2) is 4.79 Å². The Labute approximate surface area is 169 Å². The molecule has 144 valence electrons. The molecule has 3 unspecified atom stereocenters. The van der Waals surface area contributed by atoms with Crippen LogP contribution in [0, 0.1) is 5.92 Å². The standard InChI is InChI=1S/C24H24O3S/c1-15(2)24(25)27-21-12-11-20(16(21)3)26-19-10-9-18-13-22(28-23(18)14-19)17-7-5-4-6-8-17/h4-10,13-14,16,20-21H,1,11-12H2,2-3H3. The molecule has 1 aliphatic rings. The summed E-state index contributed by atoms with van der Waals surface area (Å²) in [7, 11) is 0. The van der Waals surface area contributed by atoms with Crippen LogP contribution >= 0.6 is 11.3 Å². The molecule has 3 aromatic rings. The Kier molecular flexibility index (Phi) is 5.23. The van der Waals surface area contributed by atoms with Crippen molar-refractivity contribution in [3.63, 3.8) is 0 Å². The first kappa shape index (κ1) is 18.8. The molecule has 0 radical (unpaired) electrons. The molecule has 3 atom stereocenters. The molecular weight excluding hydrogens is 368 g/mol. The summed E-state index contributed by atoms with van der Waals surface area (Å²) in [4.78, 5) is 13.1. The molecule has 1 aromatic heterocycles. The number of hydrogen-bond donors (Lipinski definition) is 0. The number of esters is 1. The van der Waals surface area contributed by atoms with Crippen molar-refractivity contribution in [1.29, 1.82) is 0 Å². The first-order valence-electron chi connectivity index (χ1n) is 9.63. The SMILES string of the molecule is C=C(C)C(=O)OC1CCC(Oc2ccc3cc(-c4ccccc4)sc3c2)C1C. The molecule has 0 N–H and O–H groups in total. The summed E-state index contributed by atoms with van der Waals surface area (Å²) in [5, 5.41) is 1.23. The number of carbonyl (C=O) groups excluding carboxylic acids is 1. The van der Waals surface area contributed by atoms with Crippen LogP contribution in [0.25, 0.3) is 20.5 Å². The lowest BCUT2D eigenvalue weighted by Gasteiger charge is -2.22. The molecule has 0 bridgehead atoms. The van der Waals surface area contributed by atoms with Gasteiger partial charge in [0.25, 0.3) is 0 Å². The average Bonchev–Trinajstić information content (AvgIpc) is 3.27. The summed E-state index contributed by atoms with van der Waals surface area (Å²) in [6.45, 7) is 7.42. The highest BCUT2D eigenvalue weighted by Gasteiger charge is 2.37. The van der Waals surface area contributed by atoms with Crippen LogP contribution in [0.4, 0.5) is 0 Å². The summed E-state index contributed by atoms with van der Waals surface area (Å²) >= 11 is 1.78. The van der Waals surface area contributed by atoms with Gasteiger partial charge in [0.2, 0.25) is 0 Å². The van der Waals surface area contributed by atoms with E-state index in [0.717, 1.165) is 18.6 Å². The van der Waals surface area contributed by atoms with Gasteiger partial charge in [-0.2, -0.15) is 0 Å². The Morgan fingerprint density at radius 1 is 1.07 bits per heavy atom. The lowest BCUT2D eigenvalue weighted by molar-refractivity contribution is -0.146. The van der Waals surface area contributed by atoms with E-state index in [-0.39, 0.29) is 24.1 Å². The molecule has 0 saturated heterocycles. The van der Waals surface area contributed by atoms with E-state index in [1.54, 1.807) is 18.3 Å². The molecule has 0 aliphatic heterocycles. The van der Waals surface area contributed by atoms with Crippen molar-refractivity contribution in [2.75, 3.05) is 0 Å². The third-order valence-electron chi connectivity index (χ3n) is 5.35. The van der Waals surface area contributed by atoms with Crippen LogP contribution in [0.15, 0.2) is 66.7 Å². The molecular formula is C24H24O3S. The summed E-state index contributed by atoms with van der Waals surface area (Å²) in [6.07, 6.45) is 1.65. The predicted molar refractivity (Wildman–Crippen MR) is 115 cm³/mol. The zero-order valence-electron chi connectivity index (χ0n) is 16.2. The van der Waals surface area contributed by atoms with E-state index < -0.39 is 0 Å².